The Bertz CT molecular complexity index is 507. The smallest absolute Gasteiger partial charge is 0.339 e. The molecule has 1 aromatic carbocycles. The second-order valence-electron chi connectivity index (χ2n) is 4.94. The molecule has 0 aromatic heterocycles. The van der Waals surface area contributed by atoms with Gasteiger partial charge in [-0.25, -0.2) is 4.79 Å². The Hall–Kier alpha value is -1.88. The lowest BCUT2D eigenvalue weighted by molar-refractivity contribution is 0.0693. The highest BCUT2D eigenvalue weighted by molar-refractivity contribution is 6.00. The van der Waals surface area contributed by atoms with E-state index >= 15 is 0 Å². The van der Waals surface area contributed by atoms with E-state index in [2.05, 4.69) is 4.90 Å². The number of ketones is 1. The fourth-order valence-electron chi connectivity index (χ4n) is 2.46. The van der Waals surface area contributed by atoms with E-state index in [-0.39, 0.29) is 17.1 Å². The van der Waals surface area contributed by atoms with Crippen molar-refractivity contribution in [1.82, 2.24) is 4.90 Å². The van der Waals surface area contributed by atoms with Crippen LogP contribution in [0.4, 0.5) is 0 Å². The molecule has 0 aliphatic carbocycles. The van der Waals surface area contributed by atoms with Crippen LogP contribution >= 0.6 is 0 Å². The Labute approximate surface area is 118 Å². The number of Topliss-reactive ketones (excluding diaryl/α,β-unsaturated/α-hetero) is 1. The predicted molar refractivity (Wildman–Crippen MR) is 74.6 cm³/mol. The van der Waals surface area contributed by atoms with Crippen LogP contribution in [0.15, 0.2) is 18.2 Å². The molecule has 0 amide bonds. The number of carbonyl (C=O) groups excluding carboxylic acids is 1. The van der Waals surface area contributed by atoms with Crippen molar-refractivity contribution in [2.24, 2.45) is 0 Å². The number of aromatic carboxylic acids is 1. The van der Waals surface area contributed by atoms with Crippen LogP contribution in [0.3, 0.4) is 0 Å². The van der Waals surface area contributed by atoms with Crippen LogP contribution in [-0.2, 0) is 0 Å². The topological polar surface area (TPSA) is 66.8 Å². The van der Waals surface area contributed by atoms with E-state index in [1.165, 1.54) is 32.1 Å². The van der Waals surface area contributed by atoms with E-state index < -0.39 is 5.97 Å². The molecule has 1 N–H and O–H groups in total. The Morgan fingerprint density at radius 3 is 2.60 bits per heavy atom. The third kappa shape index (κ3) is 3.36. The van der Waals surface area contributed by atoms with E-state index in [9.17, 15) is 9.59 Å². The van der Waals surface area contributed by atoms with E-state index in [1.54, 1.807) is 6.07 Å². The number of carboxylic acid groups (broad SMARTS) is 1. The molecule has 0 spiro atoms. The molecule has 20 heavy (non-hydrogen) atoms. The van der Waals surface area contributed by atoms with Crippen molar-refractivity contribution < 1.29 is 19.4 Å². The van der Waals surface area contributed by atoms with Gasteiger partial charge in [-0.3, -0.25) is 4.79 Å². The van der Waals surface area contributed by atoms with Gasteiger partial charge in [0, 0.05) is 18.5 Å². The maximum atomic E-state index is 12.1. The molecule has 1 aliphatic heterocycles. The van der Waals surface area contributed by atoms with Gasteiger partial charge >= 0.3 is 5.97 Å². The molecular weight excluding hydrogens is 258 g/mol. The SMILES string of the molecule is COc1ccc(C(=O)CCN2CCCC2)cc1C(=O)O. The zero-order valence-corrected chi connectivity index (χ0v) is 11.6. The molecule has 1 aliphatic rings. The molecule has 1 saturated heterocycles. The van der Waals surface area contributed by atoms with Crippen LogP contribution < -0.4 is 4.74 Å². The molecule has 0 bridgehead atoms. The van der Waals surface area contributed by atoms with Crippen molar-refractivity contribution in [3.05, 3.63) is 29.3 Å². The molecule has 1 heterocycles. The normalized spacial score (nSPS) is 15.2. The first-order valence-electron chi connectivity index (χ1n) is 6.78. The van der Waals surface area contributed by atoms with Crippen molar-refractivity contribution in [1.29, 1.82) is 0 Å². The zero-order valence-electron chi connectivity index (χ0n) is 11.6. The summed E-state index contributed by atoms with van der Waals surface area (Å²) in [5.41, 5.74) is 0.460. The summed E-state index contributed by atoms with van der Waals surface area (Å²) in [4.78, 5) is 25.5. The largest absolute Gasteiger partial charge is 0.496 e. The number of carbonyl (C=O) groups is 2. The van der Waals surface area contributed by atoms with Crippen molar-refractivity contribution >= 4 is 11.8 Å². The number of methoxy groups -OCH3 is 1. The highest BCUT2D eigenvalue weighted by atomic mass is 16.5. The zero-order chi connectivity index (χ0) is 14.5. The van der Waals surface area contributed by atoms with Gasteiger partial charge in [-0.2, -0.15) is 0 Å². The maximum Gasteiger partial charge on any atom is 0.339 e. The standard InChI is InChI=1S/C15H19NO4/c1-20-14-5-4-11(10-12(14)15(18)19)13(17)6-9-16-7-2-3-8-16/h4-5,10H,2-3,6-9H2,1H3,(H,18,19). The van der Waals surface area contributed by atoms with E-state index in [4.69, 9.17) is 9.84 Å². The Morgan fingerprint density at radius 2 is 2.00 bits per heavy atom. The average molecular weight is 277 g/mol. The highest BCUT2D eigenvalue weighted by Gasteiger charge is 2.17. The van der Waals surface area contributed by atoms with Gasteiger partial charge < -0.3 is 14.7 Å². The van der Waals surface area contributed by atoms with Crippen LogP contribution in [0.2, 0.25) is 0 Å². The van der Waals surface area contributed by atoms with E-state index in [0.29, 0.717) is 12.0 Å². The Morgan fingerprint density at radius 1 is 1.30 bits per heavy atom. The van der Waals surface area contributed by atoms with E-state index in [1.807, 2.05) is 0 Å². The van der Waals surface area contributed by atoms with Crippen LogP contribution in [-0.4, -0.2) is 48.5 Å². The Kier molecular flexibility index (Phi) is 4.74. The van der Waals surface area contributed by atoms with Gasteiger partial charge in [0.05, 0.1) is 7.11 Å². The predicted octanol–water partition coefficient (Wildman–Crippen LogP) is 2.06. The summed E-state index contributed by atoms with van der Waals surface area (Å²) >= 11 is 0. The second-order valence-corrected chi connectivity index (χ2v) is 4.94. The monoisotopic (exact) mass is 277 g/mol. The number of hydrogen-bond acceptors (Lipinski definition) is 4. The minimum Gasteiger partial charge on any atom is -0.496 e. The summed E-state index contributed by atoms with van der Waals surface area (Å²) in [6.07, 6.45) is 2.81. The first kappa shape index (κ1) is 14.5. The third-order valence-electron chi connectivity index (χ3n) is 3.61. The minimum absolute atomic E-state index is 0.0259. The molecule has 0 saturated carbocycles. The van der Waals surface area contributed by atoms with Gasteiger partial charge in [0.25, 0.3) is 0 Å². The molecule has 2 rings (SSSR count). The molecule has 1 fully saturated rings. The quantitative estimate of drug-likeness (QED) is 0.806. The fraction of sp³-hybridized carbons (Fsp3) is 0.467. The van der Waals surface area contributed by atoms with Crippen LogP contribution in [0, 0.1) is 0 Å². The van der Waals surface area contributed by atoms with Crippen molar-refractivity contribution in [3.63, 3.8) is 0 Å². The first-order chi connectivity index (χ1) is 9.61. The molecule has 0 unspecified atom stereocenters. The number of benzene rings is 1. The lowest BCUT2D eigenvalue weighted by Gasteiger charge is -2.13. The molecule has 0 atom stereocenters. The maximum absolute atomic E-state index is 12.1. The highest BCUT2D eigenvalue weighted by Crippen LogP contribution is 2.21. The molecule has 1 aromatic rings. The number of nitrogens with zero attached hydrogens (tertiary/aromatic N) is 1. The summed E-state index contributed by atoms with van der Waals surface area (Å²) in [5, 5.41) is 9.11. The van der Waals surface area contributed by atoms with Crippen molar-refractivity contribution in [3.8, 4) is 5.75 Å². The van der Waals surface area contributed by atoms with Gasteiger partial charge in [0.2, 0.25) is 0 Å². The number of likely N-dealkylation sites (tertiary alicyclic amines) is 1. The summed E-state index contributed by atoms with van der Waals surface area (Å²) in [5.74, 6) is -0.841. The molecule has 5 heteroatoms. The average Bonchev–Trinajstić information content (AvgIpc) is 2.97. The third-order valence-corrected chi connectivity index (χ3v) is 3.61. The number of hydrogen-bond donors (Lipinski definition) is 1. The number of rotatable bonds is 6. The first-order valence-corrected chi connectivity index (χ1v) is 6.78. The molecule has 5 nitrogen and oxygen atoms in total. The van der Waals surface area contributed by atoms with Gasteiger partial charge in [0.15, 0.2) is 5.78 Å². The lowest BCUT2D eigenvalue weighted by Crippen LogP contribution is -2.22. The summed E-state index contributed by atoms with van der Waals surface area (Å²) in [6.45, 7) is 2.85. The van der Waals surface area contributed by atoms with Gasteiger partial charge in [-0.15, -0.1) is 0 Å². The second kappa shape index (κ2) is 6.52. The van der Waals surface area contributed by atoms with Crippen LogP contribution in [0.5, 0.6) is 5.75 Å². The molecule has 0 radical (unpaired) electrons. The lowest BCUT2D eigenvalue weighted by atomic mass is 10.0. The minimum atomic E-state index is -1.09. The van der Waals surface area contributed by atoms with Crippen molar-refractivity contribution in [2.75, 3.05) is 26.7 Å². The van der Waals surface area contributed by atoms with Gasteiger partial charge in [-0.1, -0.05) is 0 Å². The Balaban J connectivity index is 2.05. The summed E-state index contributed by atoms with van der Waals surface area (Å²) in [6, 6.07) is 4.55. The number of ether oxygens (including phenoxy) is 1. The van der Waals surface area contributed by atoms with Crippen LogP contribution in [0.1, 0.15) is 40.0 Å². The summed E-state index contributed by atoms with van der Waals surface area (Å²) in [7, 11) is 1.41. The van der Waals surface area contributed by atoms with Gasteiger partial charge in [0.1, 0.15) is 11.3 Å². The number of carboxylic acids is 1. The van der Waals surface area contributed by atoms with Crippen LogP contribution in [0.25, 0.3) is 0 Å². The molecular formula is C15H19NO4. The van der Waals surface area contributed by atoms with Crippen molar-refractivity contribution in [2.45, 2.75) is 19.3 Å². The fourth-order valence-corrected chi connectivity index (χ4v) is 2.46. The molecule has 108 valence electrons. The van der Waals surface area contributed by atoms with Gasteiger partial charge in [-0.05, 0) is 44.1 Å². The van der Waals surface area contributed by atoms with E-state index in [0.717, 1.165) is 19.6 Å². The summed E-state index contributed by atoms with van der Waals surface area (Å²) < 4.78 is 4.98.